The summed E-state index contributed by atoms with van der Waals surface area (Å²) in [7, 11) is 0. The van der Waals surface area contributed by atoms with Gasteiger partial charge in [0.25, 0.3) is 0 Å². The molecule has 2 aliphatic heterocycles. The van der Waals surface area contributed by atoms with Gasteiger partial charge in [0.1, 0.15) is 0 Å². The van der Waals surface area contributed by atoms with Crippen LogP contribution in [0.4, 0.5) is 5.69 Å². The van der Waals surface area contributed by atoms with Gasteiger partial charge in [-0.15, -0.1) is 11.3 Å². The number of anilines is 1. The Morgan fingerprint density at radius 1 is 1.11 bits per heavy atom. The maximum absolute atomic E-state index is 12.6. The molecule has 5 heteroatoms. The Bertz CT molecular complexity index is 829. The molecule has 0 bridgehead atoms. The number of amides is 1. The fourth-order valence-electron chi connectivity index (χ4n) is 4.09. The van der Waals surface area contributed by atoms with Crippen LogP contribution in [-0.2, 0) is 24.1 Å². The molecule has 0 radical (unpaired) electrons. The zero-order chi connectivity index (χ0) is 18.6. The van der Waals surface area contributed by atoms with E-state index in [4.69, 9.17) is 0 Å². The maximum atomic E-state index is 12.6. The SMILES string of the molecule is O=C(CCCCNCCc1cccs1)c1cc2c3c(c1)CCN3C(=O)CC2. The number of ketones is 1. The second-order valence-electron chi connectivity index (χ2n) is 7.40. The molecule has 1 N–H and O–H groups in total. The molecule has 2 aliphatic rings. The van der Waals surface area contributed by atoms with Crippen molar-refractivity contribution in [3.63, 3.8) is 0 Å². The summed E-state index contributed by atoms with van der Waals surface area (Å²) in [4.78, 5) is 28.0. The molecule has 27 heavy (non-hydrogen) atoms. The molecule has 0 saturated heterocycles. The van der Waals surface area contributed by atoms with E-state index in [0.717, 1.165) is 63.0 Å². The lowest BCUT2D eigenvalue weighted by molar-refractivity contribution is -0.118. The first-order chi connectivity index (χ1) is 13.2. The first-order valence-electron chi connectivity index (χ1n) is 9.95. The monoisotopic (exact) mass is 382 g/mol. The third kappa shape index (κ3) is 4.14. The minimum Gasteiger partial charge on any atom is -0.316 e. The third-order valence-electron chi connectivity index (χ3n) is 5.51. The maximum Gasteiger partial charge on any atom is 0.227 e. The summed E-state index contributed by atoms with van der Waals surface area (Å²) < 4.78 is 0. The molecular weight excluding hydrogens is 356 g/mol. The highest BCUT2D eigenvalue weighted by Gasteiger charge is 2.31. The van der Waals surface area contributed by atoms with Crippen LogP contribution in [0.3, 0.4) is 0 Å². The number of Topliss-reactive ketones (excluding diaryl/α,β-unsaturated/α-hetero) is 1. The topological polar surface area (TPSA) is 49.4 Å². The molecule has 0 fully saturated rings. The van der Waals surface area contributed by atoms with Gasteiger partial charge in [0, 0.05) is 29.8 Å². The Morgan fingerprint density at radius 2 is 1.96 bits per heavy atom. The number of nitrogens with one attached hydrogen (secondary N) is 1. The Morgan fingerprint density at radius 3 is 2.78 bits per heavy atom. The van der Waals surface area contributed by atoms with E-state index in [0.29, 0.717) is 12.8 Å². The molecule has 1 aromatic carbocycles. The van der Waals surface area contributed by atoms with Gasteiger partial charge in [-0.05, 0) is 79.9 Å². The average Bonchev–Trinajstić information content (AvgIpc) is 3.34. The predicted octanol–water partition coefficient (Wildman–Crippen LogP) is 3.77. The summed E-state index contributed by atoms with van der Waals surface area (Å²) in [5, 5.41) is 5.58. The van der Waals surface area contributed by atoms with Crippen LogP contribution in [0.1, 0.15) is 52.0 Å². The van der Waals surface area contributed by atoms with Gasteiger partial charge in [0.05, 0.1) is 5.69 Å². The van der Waals surface area contributed by atoms with Crippen molar-refractivity contribution in [1.82, 2.24) is 5.32 Å². The first kappa shape index (κ1) is 18.4. The fourth-order valence-corrected chi connectivity index (χ4v) is 4.80. The fraction of sp³-hybridized carbons (Fsp3) is 0.455. The van der Waals surface area contributed by atoms with Gasteiger partial charge in [-0.25, -0.2) is 0 Å². The molecule has 4 rings (SSSR count). The molecule has 1 aromatic heterocycles. The van der Waals surface area contributed by atoms with E-state index in [9.17, 15) is 9.59 Å². The Balaban J connectivity index is 1.23. The van der Waals surface area contributed by atoms with Crippen molar-refractivity contribution in [3.8, 4) is 0 Å². The molecule has 1 amide bonds. The number of rotatable bonds is 9. The van der Waals surface area contributed by atoms with Crippen molar-refractivity contribution < 1.29 is 9.59 Å². The van der Waals surface area contributed by atoms with E-state index in [1.165, 1.54) is 16.0 Å². The summed E-state index contributed by atoms with van der Waals surface area (Å²) >= 11 is 1.80. The van der Waals surface area contributed by atoms with Crippen LogP contribution in [0.25, 0.3) is 0 Å². The van der Waals surface area contributed by atoms with E-state index in [1.54, 1.807) is 11.3 Å². The number of hydrogen-bond acceptors (Lipinski definition) is 4. The summed E-state index contributed by atoms with van der Waals surface area (Å²) in [6, 6.07) is 8.32. The standard InChI is InChI=1S/C22H26N2O2S/c25-20(5-1-2-10-23-11-8-19-4-3-13-27-19)18-14-16-6-7-21(26)24-12-9-17(15-18)22(16)24/h3-4,13-15,23H,1-2,5-12H2. The summed E-state index contributed by atoms with van der Waals surface area (Å²) in [5.74, 6) is 0.467. The minimum absolute atomic E-state index is 0.229. The predicted molar refractivity (Wildman–Crippen MR) is 110 cm³/mol. The Hall–Kier alpha value is -1.98. The van der Waals surface area contributed by atoms with E-state index in [-0.39, 0.29) is 11.7 Å². The van der Waals surface area contributed by atoms with E-state index in [1.807, 2.05) is 17.0 Å². The first-order valence-corrected chi connectivity index (χ1v) is 10.8. The van der Waals surface area contributed by atoms with Crippen LogP contribution in [0.5, 0.6) is 0 Å². The summed E-state index contributed by atoms with van der Waals surface area (Å²) in [5.41, 5.74) is 4.30. The minimum atomic E-state index is 0.229. The van der Waals surface area contributed by atoms with E-state index < -0.39 is 0 Å². The van der Waals surface area contributed by atoms with E-state index in [2.05, 4.69) is 22.8 Å². The van der Waals surface area contributed by atoms with Gasteiger partial charge >= 0.3 is 0 Å². The number of hydrogen-bond donors (Lipinski definition) is 1. The highest BCUT2D eigenvalue weighted by molar-refractivity contribution is 7.09. The van der Waals surface area contributed by atoms with Gasteiger partial charge in [-0.3, -0.25) is 9.59 Å². The molecule has 0 saturated carbocycles. The van der Waals surface area contributed by atoms with Gasteiger partial charge in [0.15, 0.2) is 5.78 Å². The number of nitrogens with zero attached hydrogens (tertiary/aromatic N) is 1. The number of thiophene rings is 1. The van der Waals surface area contributed by atoms with Crippen LogP contribution in [-0.4, -0.2) is 31.3 Å². The number of carbonyl (C=O) groups is 2. The van der Waals surface area contributed by atoms with Crippen LogP contribution in [0.15, 0.2) is 29.6 Å². The van der Waals surface area contributed by atoms with Crippen LogP contribution >= 0.6 is 11.3 Å². The lowest BCUT2D eigenvalue weighted by atomic mass is 9.94. The van der Waals surface area contributed by atoms with Crippen LogP contribution in [0.2, 0.25) is 0 Å². The second-order valence-corrected chi connectivity index (χ2v) is 8.43. The molecule has 2 aromatic rings. The van der Waals surface area contributed by atoms with Gasteiger partial charge < -0.3 is 10.2 Å². The number of aryl methyl sites for hydroxylation is 1. The average molecular weight is 383 g/mol. The quantitative estimate of drug-likeness (QED) is 0.531. The number of carbonyl (C=O) groups excluding carboxylic acids is 2. The number of benzene rings is 1. The largest absolute Gasteiger partial charge is 0.316 e. The zero-order valence-corrected chi connectivity index (χ0v) is 16.4. The van der Waals surface area contributed by atoms with Gasteiger partial charge in [0.2, 0.25) is 5.91 Å². The second kappa shape index (κ2) is 8.36. The normalized spacial score (nSPS) is 15.3. The molecule has 3 heterocycles. The van der Waals surface area contributed by atoms with Crippen LogP contribution < -0.4 is 10.2 Å². The molecule has 142 valence electrons. The van der Waals surface area contributed by atoms with Crippen molar-refractivity contribution in [3.05, 3.63) is 51.2 Å². The highest BCUT2D eigenvalue weighted by Crippen LogP contribution is 2.37. The molecule has 0 unspecified atom stereocenters. The summed E-state index contributed by atoms with van der Waals surface area (Å²) in [6.07, 6.45) is 5.84. The zero-order valence-electron chi connectivity index (χ0n) is 15.6. The van der Waals surface area contributed by atoms with Crippen molar-refractivity contribution in [2.75, 3.05) is 24.5 Å². The highest BCUT2D eigenvalue weighted by atomic mass is 32.1. The Labute approximate surface area is 164 Å². The molecule has 0 atom stereocenters. The van der Waals surface area contributed by atoms with Crippen molar-refractivity contribution in [2.45, 2.75) is 44.9 Å². The molecule has 0 spiro atoms. The molecular formula is C22H26N2O2S. The van der Waals surface area contributed by atoms with Crippen LogP contribution in [0, 0.1) is 0 Å². The number of unbranched alkanes of at least 4 members (excludes halogenated alkanes) is 1. The van der Waals surface area contributed by atoms with Crippen molar-refractivity contribution in [1.29, 1.82) is 0 Å². The smallest absolute Gasteiger partial charge is 0.227 e. The van der Waals surface area contributed by atoms with Crippen molar-refractivity contribution in [2.24, 2.45) is 0 Å². The Kier molecular flexibility index (Phi) is 5.69. The lowest BCUT2D eigenvalue weighted by Crippen LogP contribution is -2.32. The third-order valence-corrected chi connectivity index (χ3v) is 6.45. The van der Waals surface area contributed by atoms with Gasteiger partial charge in [-0.1, -0.05) is 6.07 Å². The molecule has 0 aliphatic carbocycles. The van der Waals surface area contributed by atoms with Crippen molar-refractivity contribution >= 4 is 28.7 Å². The molecule has 4 nitrogen and oxygen atoms in total. The summed E-state index contributed by atoms with van der Waals surface area (Å²) in [6.45, 7) is 2.74. The lowest BCUT2D eigenvalue weighted by Gasteiger charge is -2.25. The van der Waals surface area contributed by atoms with Gasteiger partial charge in [-0.2, -0.15) is 0 Å². The van der Waals surface area contributed by atoms with E-state index >= 15 is 0 Å².